The molecular formula is C25H33ClF3N3O4S. The molecule has 2 aromatic rings. The minimum atomic E-state index is -4.30. The van der Waals surface area contributed by atoms with Gasteiger partial charge in [0.05, 0.1) is 29.0 Å². The van der Waals surface area contributed by atoms with Crippen molar-refractivity contribution in [2.24, 2.45) is 11.8 Å². The molecule has 1 amide bonds. The molecule has 1 aliphatic carbocycles. The molecule has 1 saturated carbocycles. The number of aromatic nitrogens is 2. The van der Waals surface area contributed by atoms with Gasteiger partial charge in [0.1, 0.15) is 15.6 Å². The van der Waals surface area contributed by atoms with Crippen LogP contribution in [0.1, 0.15) is 55.6 Å². The normalized spacial score (nSPS) is 19.5. The maximum absolute atomic E-state index is 13.0. The van der Waals surface area contributed by atoms with Crippen molar-refractivity contribution in [2.75, 3.05) is 19.9 Å². The molecule has 37 heavy (non-hydrogen) atoms. The monoisotopic (exact) mass is 563 g/mol. The summed E-state index contributed by atoms with van der Waals surface area (Å²) in [4.78, 5) is 13.0. The highest BCUT2D eigenvalue weighted by Crippen LogP contribution is 2.38. The molecule has 1 unspecified atom stereocenters. The molecule has 1 N–H and O–H groups in total. The molecule has 1 aliphatic rings. The summed E-state index contributed by atoms with van der Waals surface area (Å²) in [5.74, 6) is -1.46. The van der Waals surface area contributed by atoms with Crippen molar-refractivity contribution >= 4 is 27.3 Å². The Kier molecular flexibility index (Phi) is 9.21. The first-order valence-corrected chi connectivity index (χ1v) is 14.6. The molecule has 1 aromatic heterocycles. The third-order valence-electron chi connectivity index (χ3n) is 6.98. The number of hydrogen-bond donors (Lipinski definition) is 1. The van der Waals surface area contributed by atoms with Gasteiger partial charge in [-0.2, -0.15) is 18.3 Å². The highest BCUT2D eigenvalue weighted by atomic mass is 35.5. The van der Waals surface area contributed by atoms with Crippen LogP contribution in [0.15, 0.2) is 18.2 Å². The van der Waals surface area contributed by atoms with E-state index in [4.69, 9.17) is 16.3 Å². The van der Waals surface area contributed by atoms with Gasteiger partial charge in [-0.15, -0.1) is 0 Å². The smallest absolute Gasteiger partial charge is 0.391 e. The van der Waals surface area contributed by atoms with Crippen LogP contribution in [0.3, 0.4) is 0 Å². The average molecular weight is 564 g/mol. The fraction of sp³-hybridized carbons (Fsp3) is 0.600. The van der Waals surface area contributed by atoms with Gasteiger partial charge in [-0.1, -0.05) is 24.6 Å². The van der Waals surface area contributed by atoms with Gasteiger partial charge in [0.15, 0.2) is 5.69 Å². The van der Waals surface area contributed by atoms with Crippen molar-refractivity contribution in [1.29, 1.82) is 0 Å². The molecular weight excluding hydrogens is 531 g/mol. The molecule has 12 heteroatoms. The number of hydrogen-bond acceptors (Lipinski definition) is 5. The third kappa shape index (κ3) is 6.98. The molecule has 1 atom stereocenters. The fourth-order valence-electron chi connectivity index (χ4n) is 4.68. The Morgan fingerprint density at radius 3 is 2.46 bits per heavy atom. The Morgan fingerprint density at radius 1 is 1.27 bits per heavy atom. The van der Waals surface area contributed by atoms with Gasteiger partial charge in [0, 0.05) is 24.9 Å². The van der Waals surface area contributed by atoms with Gasteiger partial charge in [-0.3, -0.25) is 9.48 Å². The molecule has 1 aromatic carbocycles. The van der Waals surface area contributed by atoms with Crippen LogP contribution in [0, 0.1) is 11.8 Å². The number of nitrogens with zero attached hydrogens (tertiary/aromatic N) is 2. The van der Waals surface area contributed by atoms with E-state index in [1.54, 1.807) is 22.9 Å². The summed E-state index contributed by atoms with van der Waals surface area (Å²) in [6.45, 7) is 3.75. The van der Waals surface area contributed by atoms with Crippen LogP contribution in [-0.2, 0) is 22.8 Å². The van der Waals surface area contributed by atoms with Crippen LogP contribution < -0.4 is 10.1 Å². The van der Waals surface area contributed by atoms with Gasteiger partial charge in [0.2, 0.25) is 0 Å². The molecule has 7 nitrogen and oxygen atoms in total. The van der Waals surface area contributed by atoms with Crippen molar-refractivity contribution in [3.8, 4) is 17.0 Å². The predicted octanol–water partition coefficient (Wildman–Crippen LogP) is 5.31. The lowest BCUT2D eigenvalue weighted by molar-refractivity contribution is -0.169. The minimum absolute atomic E-state index is 0.0418. The SMILES string of the molecule is CCn1nc(C(=O)NCC2CCC(S(C)(=O)=O)CC2)c(Cl)c1-c1ccc(CC(C)C(F)(F)F)cc1OC. The number of sulfone groups is 1. The van der Waals surface area contributed by atoms with Crippen molar-refractivity contribution < 1.29 is 31.1 Å². The van der Waals surface area contributed by atoms with Crippen LogP contribution in [-0.4, -0.2) is 55.4 Å². The van der Waals surface area contributed by atoms with E-state index in [2.05, 4.69) is 10.4 Å². The van der Waals surface area contributed by atoms with Crippen LogP contribution in [0.2, 0.25) is 5.02 Å². The van der Waals surface area contributed by atoms with E-state index in [1.807, 2.05) is 6.92 Å². The predicted molar refractivity (Wildman–Crippen MR) is 137 cm³/mol. The van der Waals surface area contributed by atoms with Crippen LogP contribution in [0.25, 0.3) is 11.3 Å². The topological polar surface area (TPSA) is 90.3 Å². The summed E-state index contributed by atoms with van der Waals surface area (Å²) >= 11 is 6.63. The van der Waals surface area contributed by atoms with Gasteiger partial charge in [0.25, 0.3) is 5.91 Å². The zero-order chi connectivity index (χ0) is 27.5. The number of halogens is 4. The molecule has 0 aliphatic heterocycles. The van der Waals surface area contributed by atoms with Crippen molar-refractivity contribution in [3.63, 3.8) is 0 Å². The average Bonchev–Trinajstić information content (AvgIpc) is 3.17. The second kappa shape index (κ2) is 11.6. The first-order chi connectivity index (χ1) is 17.3. The fourth-order valence-corrected chi connectivity index (χ4v) is 6.14. The number of rotatable bonds is 9. The molecule has 0 spiro atoms. The highest BCUT2D eigenvalue weighted by molar-refractivity contribution is 7.91. The van der Waals surface area contributed by atoms with Gasteiger partial charge < -0.3 is 10.1 Å². The first kappa shape index (κ1) is 29.3. The quantitative estimate of drug-likeness (QED) is 0.447. The Morgan fingerprint density at radius 2 is 1.92 bits per heavy atom. The molecule has 1 heterocycles. The molecule has 0 radical (unpaired) electrons. The molecule has 3 rings (SSSR count). The summed E-state index contributed by atoms with van der Waals surface area (Å²) in [5.41, 5.74) is 1.46. The van der Waals surface area contributed by atoms with E-state index in [9.17, 15) is 26.4 Å². The van der Waals surface area contributed by atoms with E-state index < -0.39 is 27.8 Å². The van der Waals surface area contributed by atoms with Crippen LogP contribution in [0.4, 0.5) is 13.2 Å². The zero-order valence-electron chi connectivity index (χ0n) is 21.4. The third-order valence-corrected chi connectivity index (χ3v) is 9.02. The molecule has 206 valence electrons. The Labute approximate surface area is 220 Å². The zero-order valence-corrected chi connectivity index (χ0v) is 22.9. The van der Waals surface area contributed by atoms with Gasteiger partial charge in [-0.25, -0.2) is 8.42 Å². The van der Waals surface area contributed by atoms with Gasteiger partial charge >= 0.3 is 6.18 Å². The molecule has 0 saturated heterocycles. The Hall–Kier alpha value is -2.27. The number of carbonyl (C=O) groups is 1. The minimum Gasteiger partial charge on any atom is -0.496 e. The van der Waals surface area contributed by atoms with E-state index in [-0.39, 0.29) is 28.3 Å². The number of alkyl halides is 3. The summed E-state index contributed by atoms with van der Waals surface area (Å²) in [6.07, 6.45) is -0.673. The lowest BCUT2D eigenvalue weighted by atomic mass is 9.89. The van der Waals surface area contributed by atoms with E-state index in [1.165, 1.54) is 13.4 Å². The maximum atomic E-state index is 13.0. The second-order valence-electron chi connectivity index (χ2n) is 9.69. The number of methoxy groups -OCH3 is 1. The number of benzene rings is 1. The highest BCUT2D eigenvalue weighted by Gasteiger charge is 2.36. The summed E-state index contributed by atoms with van der Waals surface area (Å²) in [5, 5.41) is 7.04. The number of carbonyl (C=O) groups excluding carboxylic acids is 1. The molecule has 0 bridgehead atoms. The summed E-state index contributed by atoms with van der Waals surface area (Å²) in [6, 6.07) is 4.78. The second-order valence-corrected chi connectivity index (χ2v) is 12.4. The van der Waals surface area contributed by atoms with Crippen LogP contribution >= 0.6 is 11.6 Å². The largest absolute Gasteiger partial charge is 0.496 e. The number of amides is 1. The van der Waals surface area contributed by atoms with E-state index in [0.29, 0.717) is 61.3 Å². The van der Waals surface area contributed by atoms with Crippen molar-refractivity contribution in [2.45, 2.75) is 63.9 Å². The summed E-state index contributed by atoms with van der Waals surface area (Å²) < 4.78 is 69.6. The lowest BCUT2D eigenvalue weighted by Crippen LogP contribution is -2.34. The number of nitrogens with one attached hydrogen (secondary N) is 1. The lowest BCUT2D eigenvalue weighted by Gasteiger charge is -2.27. The van der Waals surface area contributed by atoms with Crippen molar-refractivity contribution in [1.82, 2.24) is 15.1 Å². The van der Waals surface area contributed by atoms with E-state index >= 15 is 0 Å². The Balaban J connectivity index is 1.78. The first-order valence-electron chi connectivity index (χ1n) is 12.2. The van der Waals surface area contributed by atoms with Crippen LogP contribution in [0.5, 0.6) is 5.75 Å². The maximum Gasteiger partial charge on any atom is 0.391 e. The summed E-state index contributed by atoms with van der Waals surface area (Å²) in [7, 11) is -1.64. The van der Waals surface area contributed by atoms with Crippen molar-refractivity contribution in [3.05, 3.63) is 34.5 Å². The van der Waals surface area contributed by atoms with E-state index in [0.717, 1.165) is 6.92 Å². The number of aryl methyl sites for hydroxylation is 1. The molecule has 1 fully saturated rings. The standard InChI is InChI=1S/C25H33ClF3N3O4S/c1-5-32-23(19-11-8-17(13-20(19)36-3)12-15(2)25(27,28)29)21(26)22(31-32)24(33)30-14-16-6-9-18(10-7-16)37(4,34)35/h8,11,13,15-16,18H,5-7,9-10,12,14H2,1-4H3,(H,30,33). The Bertz CT molecular complexity index is 1220. The van der Waals surface area contributed by atoms with Gasteiger partial charge in [-0.05, 0) is 62.6 Å². The number of ether oxygens (including phenoxy) is 1.